The molecule has 0 saturated heterocycles. The van der Waals surface area contributed by atoms with Gasteiger partial charge in [0.25, 0.3) is 0 Å². The molecule has 0 aliphatic heterocycles. The van der Waals surface area contributed by atoms with Crippen molar-refractivity contribution >= 4 is 5.97 Å². The topological polar surface area (TPSA) is 59.4 Å². The average molecular weight is 271 g/mol. The molecular formula is C16H17NO3. The second kappa shape index (κ2) is 5.74. The molecule has 0 aliphatic rings. The van der Waals surface area contributed by atoms with E-state index in [4.69, 9.17) is 9.84 Å². The summed E-state index contributed by atoms with van der Waals surface area (Å²) in [6, 6.07) is 10.5. The molecule has 0 spiro atoms. The van der Waals surface area contributed by atoms with E-state index in [9.17, 15) is 4.79 Å². The van der Waals surface area contributed by atoms with Crippen LogP contribution in [0.2, 0.25) is 0 Å². The Balaban J connectivity index is 2.35. The van der Waals surface area contributed by atoms with Crippen molar-refractivity contribution in [3.8, 4) is 11.6 Å². The molecule has 104 valence electrons. The molecule has 0 aliphatic carbocycles. The summed E-state index contributed by atoms with van der Waals surface area (Å²) in [6.07, 6.45) is 0. The van der Waals surface area contributed by atoms with Crippen LogP contribution in [0.15, 0.2) is 36.4 Å². The van der Waals surface area contributed by atoms with E-state index >= 15 is 0 Å². The van der Waals surface area contributed by atoms with E-state index in [0.717, 1.165) is 5.56 Å². The van der Waals surface area contributed by atoms with Gasteiger partial charge in [-0.3, -0.25) is 0 Å². The number of carboxylic acids is 1. The molecule has 2 rings (SSSR count). The Hall–Kier alpha value is -2.36. The predicted octanol–water partition coefficient (Wildman–Crippen LogP) is 4.00. The van der Waals surface area contributed by atoms with Crippen molar-refractivity contribution in [2.75, 3.05) is 0 Å². The van der Waals surface area contributed by atoms with E-state index in [2.05, 4.69) is 4.98 Å². The highest BCUT2D eigenvalue weighted by molar-refractivity contribution is 5.88. The molecule has 1 aromatic heterocycles. The molecule has 0 fully saturated rings. The molecule has 20 heavy (non-hydrogen) atoms. The van der Waals surface area contributed by atoms with E-state index in [1.807, 2.05) is 45.0 Å². The monoisotopic (exact) mass is 271 g/mol. The molecule has 0 unspecified atom stereocenters. The van der Waals surface area contributed by atoms with Gasteiger partial charge in [0.2, 0.25) is 5.88 Å². The maximum absolute atomic E-state index is 11.1. The molecule has 1 aromatic carbocycles. The molecule has 0 saturated carbocycles. The van der Waals surface area contributed by atoms with E-state index in [-0.39, 0.29) is 11.5 Å². The first kappa shape index (κ1) is 14.1. The van der Waals surface area contributed by atoms with Crippen LogP contribution in [0.3, 0.4) is 0 Å². The smallest absolute Gasteiger partial charge is 0.335 e. The number of rotatable bonds is 4. The summed E-state index contributed by atoms with van der Waals surface area (Å²) in [6.45, 7) is 5.91. The van der Waals surface area contributed by atoms with Crippen LogP contribution in [-0.2, 0) is 0 Å². The fourth-order valence-electron chi connectivity index (χ4n) is 1.72. The van der Waals surface area contributed by atoms with E-state index < -0.39 is 5.97 Å². The number of benzene rings is 1. The lowest BCUT2D eigenvalue weighted by atomic mass is 10.1. The van der Waals surface area contributed by atoms with Crippen molar-refractivity contribution < 1.29 is 14.6 Å². The number of aromatic nitrogens is 1. The molecule has 0 radical (unpaired) electrons. The molecular weight excluding hydrogens is 254 g/mol. The van der Waals surface area contributed by atoms with Crippen molar-refractivity contribution in [1.82, 2.24) is 4.98 Å². The lowest BCUT2D eigenvalue weighted by Gasteiger charge is -2.10. The van der Waals surface area contributed by atoms with Crippen LogP contribution in [0.1, 0.15) is 41.4 Å². The van der Waals surface area contributed by atoms with Crippen molar-refractivity contribution in [3.63, 3.8) is 0 Å². The summed E-state index contributed by atoms with van der Waals surface area (Å²) in [4.78, 5) is 15.5. The highest BCUT2D eigenvalue weighted by atomic mass is 16.5. The summed E-state index contributed by atoms with van der Waals surface area (Å²) < 4.78 is 5.64. The Morgan fingerprint density at radius 3 is 2.40 bits per heavy atom. The molecule has 1 N–H and O–H groups in total. The first-order valence-corrected chi connectivity index (χ1v) is 6.45. The van der Waals surface area contributed by atoms with E-state index in [1.54, 1.807) is 6.07 Å². The van der Waals surface area contributed by atoms with Gasteiger partial charge in [-0.2, -0.15) is 0 Å². The van der Waals surface area contributed by atoms with Crippen molar-refractivity contribution in [2.24, 2.45) is 0 Å². The lowest BCUT2D eigenvalue weighted by Crippen LogP contribution is -2.03. The second-order valence-electron chi connectivity index (χ2n) is 4.99. The minimum Gasteiger partial charge on any atom is -0.478 e. The number of hydrogen-bond acceptors (Lipinski definition) is 3. The molecule has 0 bridgehead atoms. The van der Waals surface area contributed by atoms with Gasteiger partial charge < -0.3 is 9.84 Å². The van der Waals surface area contributed by atoms with Crippen LogP contribution in [0, 0.1) is 6.92 Å². The van der Waals surface area contributed by atoms with Crippen molar-refractivity contribution in [2.45, 2.75) is 26.7 Å². The van der Waals surface area contributed by atoms with Gasteiger partial charge in [-0.25, -0.2) is 9.78 Å². The van der Waals surface area contributed by atoms with Gasteiger partial charge in [-0.05, 0) is 31.0 Å². The second-order valence-corrected chi connectivity index (χ2v) is 4.99. The minimum atomic E-state index is -0.983. The fourth-order valence-corrected chi connectivity index (χ4v) is 1.72. The van der Waals surface area contributed by atoms with Gasteiger partial charge >= 0.3 is 5.97 Å². The first-order chi connectivity index (χ1) is 9.45. The number of aryl methyl sites for hydroxylation is 1. The Bertz CT molecular complexity index is 618. The predicted molar refractivity (Wildman–Crippen MR) is 76.5 cm³/mol. The van der Waals surface area contributed by atoms with Crippen LogP contribution in [0.5, 0.6) is 11.6 Å². The normalized spacial score (nSPS) is 10.6. The number of ether oxygens (including phenoxy) is 1. The minimum absolute atomic E-state index is 0.134. The number of carboxylic acid groups (broad SMARTS) is 1. The number of nitrogens with zero attached hydrogens (tertiary/aromatic N) is 1. The SMILES string of the molecule is Cc1ccc(Oc2cc(C(=O)O)cc(C(C)C)n2)cc1. The molecule has 0 atom stereocenters. The molecule has 4 nitrogen and oxygen atoms in total. The van der Waals surface area contributed by atoms with E-state index in [1.165, 1.54) is 6.07 Å². The van der Waals surface area contributed by atoms with Crippen molar-refractivity contribution in [3.05, 3.63) is 53.2 Å². The third-order valence-corrected chi connectivity index (χ3v) is 2.90. The zero-order valence-corrected chi connectivity index (χ0v) is 11.8. The summed E-state index contributed by atoms with van der Waals surface area (Å²) in [7, 11) is 0. The number of hydrogen-bond donors (Lipinski definition) is 1. The summed E-state index contributed by atoms with van der Waals surface area (Å²) in [5, 5.41) is 9.13. The summed E-state index contributed by atoms with van der Waals surface area (Å²) >= 11 is 0. The standard InChI is InChI=1S/C16H17NO3/c1-10(2)14-8-12(16(18)19)9-15(17-14)20-13-6-4-11(3)5-7-13/h4-10H,1-3H3,(H,18,19). The largest absolute Gasteiger partial charge is 0.478 e. The summed E-state index contributed by atoms with van der Waals surface area (Å²) in [5.74, 6) is 0.0931. The van der Waals surface area contributed by atoms with Crippen LogP contribution < -0.4 is 4.74 Å². The lowest BCUT2D eigenvalue weighted by molar-refractivity contribution is 0.0696. The zero-order valence-electron chi connectivity index (χ0n) is 11.8. The van der Waals surface area contributed by atoms with Crippen LogP contribution in [0.25, 0.3) is 0 Å². The van der Waals surface area contributed by atoms with Crippen LogP contribution in [-0.4, -0.2) is 16.1 Å². The van der Waals surface area contributed by atoms with Gasteiger partial charge in [-0.1, -0.05) is 31.5 Å². The Morgan fingerprint density at radius 2 is 1.85 bits per heavy atom. The molecule has 2 aromatic rings. The Morgan fingerprint density at radius 1 is 1.20 bits per heavy atom. The molecule has 0 amide bonds. The van der Waals surface area contributed by atoms with Gasteiger partial charge in [0.15, 0.2) is 0 Å². The fraction of sp³-hybridized carbons (Fsp3) is 0.250. The maximum atomic E-state index is 11.1. The van der Waals surface area contributed by atoms with Crippen LogP contribution in [0.4, 0.5) is 0 Å². The van der Waals surface area contributed by atoms with Gasteiger partial charge in [0.1, 0.15) is 5.75 Å². The number of pyridine rings is 1. The van der Waals surface area contributed by atoms with Crippen LogP contribution >= 0.6 is 0 Å². The molecule has 1 heterocycles. The first-order valence-electron chi connectivity index (χ1n) is 6.45. The highest BCUT2D eigenvalue weighted by Crippen LogP contribution is 2.24. The quantitative estimate of drug-likeness (QED) is 0.912. The van der Waals surface area contributed by atoms with Gasteiger partial charge in [0, 0.05) is 11.8 Å². The highest BCUT2D eigenvalue weighted by Gasteiger charge is 2.12. The maximum Gasteiger partial charge on any atom is 0.335 e. The Labute approximate surface area is 118 Å². The van der Waals surface area contributed by atoms with Gasteiger partial charge in [-0.15, -0.1) is 0 Å². The van der Waals surface area contributed by atoms with Crippen molar-refractivity contribution in [1.29, 1.82) is 0 Å². The number of aromatic carboxylic acids is 1. The average Bonchev–Trinajstić information content (AvgIpc) is 2.41. The number of carbonyl (C=O) groups is 1. The third-order valence-electron chi connectivity index (χ3n) is 2.90. The van der Waals surface area contributed by atoms with Gasteiger partial charge in [0.05, 0.1) is 5.56 Å². The summed E-state index contributed by atoms with van der Waals surface area (Å²) in [5.41, 5.74) is 2.02. The zero-order chi connectivity index (χ0) is 14.7. The van der Waals surface area contributed by atoms with E-state index in [0.29, 0.717) is 17.3 Å². The third kappa shape index (κ3) is 3.35. The molecule has 4 heteroatoms. The Kier molecular flexibility index (Phi) is 4.03.